The molecule has 2 saturated heterocycles. The molecule has 2 fully saturated rings. The van der Waals surface area contributed by atoms with Crippen molar-refractivity contribution in [2.24, 2.45) is 5.73 Å². The Balaban J connectivity index is 1.98. The standard InChI is InChI=1S/C13H16F2N2O2S/c14-12-4-3-11(7-13(12)15)20(18,19)17-9-1-2-10(17)6-8(16)5-9/h3-4,7-10H,1-2,5-6,16H2. The molecule has 4 nitrogen and oxygen atoms in total. The minimum atomic E-state index is -3.79. The van der Waals surface area contributed by atoms with Crippen molar-refractivity contribution < 1.29 is 17.2 Å². The Morgan fingerprint density at radius 2 is 1.70 bits per heavy atom. The van der Waals surface area contributed by atoms with Crippen molar-refractivity contribution in [3.8, 4) is 0 Å². The Morgan fingerprint density at radius 3 is 2.25 bits per heavy atom. The van der Waals surface area contributed by atoms with E-state index in [-0.39, 0.29) is 23.0 Å². The van der Waals surface area contributed by atoms with E-state index in [9.17, 15) is 17.2 Å². The summed E-state index contributed by atoms with van der Waals surface area (Å²) in [6.45, 7) is 0. The fraction of sp³-hybridized carbons (Fsp3) is 0.538. The van der Waals surface area contributed by atoms with Crippen molar-refractivity contribution >= 4 is 10.0 Å². The molecule has 0 aliphatic carbocycles. The maximum Gasteiger partial charge on any atom is 0.243 e. The number of hydrogen-bond acceptors (Lipinski definition) is 3. The van der Waals surface area contributed by atoms with Crippen LogP contribution in [-0.4, -0.2) is 30.8 Å². The third-order valence-corrected chi connectivity index (χ3v) is 6.17. The maximum absolute atomic E-state index is 13.3. The van der Waals surface area contributed by atoms with Crippen molar-refractivity contribution in [3.63, 3.8) is 0 Å². The number of fused-ring (bicyclic) bond motifs is 2. The van der Waals surface area contributed by atoms with Crippen molar-refractivity contribution in [2.75, 3.05) is 0 Å². The van der Waals surface area contributed by atoms with E-state index >= 15 is 0 Å². The second kappa shape index (κ2) is 4.75. The van der Waals surface area contributed by atoms with Crippen LogP contribution in [0.15, 0.2) is 23.1 Å². The highest BCUT2D eigenvalue weighted by Gasteiger charge is 2.46. The fourth-order valence-electron chi connectivity index (χ4n) is 3.33. The lowest BCUT2D eigenvalue weighted by molar-refractivity contribution is 0.227. The first-order chi connectivity index (χ1) is 9.39. The second-order valence-corrected chi connectivity index (χ2v) is 7.37. The first-order valence-electron chi connectivity index (χ1n) is 6.64. The van der Waals surface area contributed by atoms with Gasteiger partial charge in [0.15, 0.2) is 11.6 Å². The largest absolute Gasteiger partial charge is 0.328 e. The smallest absolute Gasteiger partial charge is 0.243 e. The van der Waals surface area contributed by atoms with Crippen LogP contribution in [0.2, 0.25) is 0 Å². The summed E-state index contributed by atoms with van der Waals surface area (Å²) < 4.78 is 52.9. The molecule has 3 rings (SSSR count). The van der Waals surface area contributed by atoms with Crippen LogP contribution in [-0.2, 0) is 10.0 Å². The van der Waals surface area contributed by atoms with E-state index in [1.807, 2.05) is 0 Å². The minimum absolute atomic E-state index is 0.0175. The summed E-state index contributed by atoms with van der Waals surface area (Å²) in [6.07, 6.45) is 2.81. The zero-order valence-electron chi connectivity index (χ0n) is 10.8. The first-order valence-corrected chi connectivity index (χ1v) is 8.08. The Labute approximate surface area is 116 Å². The highest BCUT2D eigenvalue weighted by Crippen LogP contribution is 2.39. The van der Waals surface area contributed by atoms with Gasteiger partial charge in [-0.3, -0.25) is 0 Å². The average molecular weight is 302 g/mol. The van der Waals surface area contributed by atoms with Crippen LogP contribution < -0.4 is 5.73 Å². The van der Waals surface area contributed by atoms with Gasteiger partial charge in [0, 0.05) is 18.1 Å². The number of halogens is 2. The summed E-state index contributed by atoms with van der Waals surface area (Å²) in [5.41, 5.74) is 5.91. The number of nitrogens with zero attached hydrogens (tertiary/aromatic N) is 1. The SMILES string of the molecule is NC1CC2CCC(C1)N2S(=O)(=O)c1ccc(F)c(F)c1. The zero-order chi connectivity index (χ0) is 14.5. The molecule has 20 heavy (non-hydrogen) atoms. The van der Waals surface area contributed by atoms with Gasteiger partial charge in [-0.05, 0) is 43.9 Å². The quantitative estimate of drug-likeness (QED) is 0.902. The van der Waals surface area contributed by atoms with E-state index in [4.69, 9.17) is 5.73 Å². The van der Waals surface area contributed by atoms with Crippen LogP contribution in [0.3, 0.4) is 0 Å². The summed E-state index contributed by atoms with van der Waals surface area (Å²) in [6, 6.07) is 2.48. The van der Waals surface area contributed by atoms with Crippen LogP contribution in [0, 0.1) is 11.6 Å². The Morgan fingerprint density at radius 1 is 1.10 bits per heavy atom. The van der Waals surface area contributed by atoms with Gasteiger partial charge in [0.05, 0.1) is 4.90 Å². The van der Waals surface area contributed by atoms with E-state index in [0.29, 0.717) is 12.8 Å². The van der Waals surface area contributed by atoms with Gasteiger partial charge < -0.3 is 5.73 Å². The van der Waals surface area contributed by atoms with E-state index in [0.717, 1.165) is 31.0 Å². The van der Waals surface area contributed by atoms with Crippen molar-refractivity contribution in [2.45, 2.75) is 48.7 Å². The van der Waals surface area contributed by atoms with Crippen LogP contribution in [0.5, 0.6) is 0 Å². The average Bonchev–Trinajstić information content (AvgIpc) is 2.66. The van der Waals surface area contributed by atoms with E-state index in [2.05, 4.69) is 0 Å². The van der Waals surface area contributed by atoms with Gasteiger partial charge in [-0.2, -0.15) is 4.31 Å². The number of sulfonamides is 1. The number of rotatable bonds is 2. The molecule has 2 N–H and O–H groups in total. The number of benzene rings is 1. The molecule has 2 aliphatic heterocycles. The van der Waals surface area contributed by atoms with E-state index in [1.165, 1.54) is 4.31 Å². The first kappa shape index (κ1) is 13.9. The Hall–Kier alpha value is -1.05. The second-order valence-electron chi connectivity index (χ2n) is 5.53. The molecule has 110 valence electrons. The lowest BCUT2D eigenvalue weighted by Crippen LogP contribution is -2.49. The summed E-state index contributed by atoms with van der Waals surface area (Å²) >= 11 is 0. The van der Waals surface area contributed by atoms with Gasteiger partial charge in [-0.1, -0.05) is 0 Å². The highest BCUT2D eigenvalue weighted by atomic mass is 32.2. The predicted octanol–water partition coefficient (Wildman–Crippen LogP) is 1.61. The molecule has 2 heterocycles. The molecule has 2 atom stereocenters. The third kappa shape index (κ3) is 2.13. The van der Waals surface area contributed by atoms with Crippen LogP contribution in [0.1, 0.15) is 25.7 Å². The van der Waals surface area contributed by atoms with Gasteiger partial charge in [-0.15, -0.1) is 0 Å². The molecule has 2 aliphatic rings. The van der Waals surface area contributed by atoms with Crippen LogP contribution in [0.4, 0.5) is 8.78 Å². The normalized spacial score (nSPS) is 30.6. The topological polar surface area (TPSA) is 63.4 Å². The van der Waals surface area contributed by atoms with Gasteiger partial charge in [0.25, 0.3) is 0 Å². The molecular formula is C13H16F2N2O2S. The summed E-state index contributed by atoms with van der Waals surface area (Å²) in [5, 5.41) is 0. The maximum atomic E-state index is 13.3. The molecule has 1 aromatic carbocycles. The number of piperidine rings is 1. The number of nitrogens with two attached hydrogens (primary N) is 1. The van der Waals surface area contributed by atoms with Crippen molar-refractivity contribution in [1.29, 1.82) is 0 Å². The molecule has 0 aromatic heterocycles. The molecule has 1 aromatic rings. The molecule has 0 spiro atoms. The van der Waals surface area contributed by atoms with Crippen LogP contribution >= 0.6 is 0 Å². The molecule has 2 bridgehead atoms. The third-order valence-electron chi connectivity index (χ3n) is 4.17. The molecule has 0 amide bonds. The Kier molecular flexibility index (Phi) is 3.30. The molecule has 0 saturated carbocycles. The monoisotopic (exact) mass is 302 g/mol. The van der Waals surface area contributed by atoms with Gasteiger partial charge in [0.2, 0.25) is 10.0 Å². The molecule has 7 heteroatoms. The fourth-order valence-corrected chi connectivity index (χ4v) is 5.23. The summed E-state index contributed by atoms with van der Waals surface area (Å²) in [4.78, 5) is -0.191. The van der Waals surface area contributed by atoms with Crippen molar-refractivity contribution in [1.82, 2.24) is 4.31 Å². The summed E-state index contributed by atoms with van der Waals surface area (Å²) in [5.74, 6) is -2.19. The lowest BCUT2D eigenvalue weighted by atomic mass is 10.0. The van der Waals surface area contributed by atoms with Crippen LogP contribution in [0.25, 0.3) is 0 Å². The molecule has 2 unspecified atom stereocenters. The minimum Gasteiger partial charge on any atom is -0.328 e. The highest BCUT2D eigenvalue weighted by molar-refractivity contribution is 7.89. The molecular weight excluding hydrogens is 286 g/mol. The molecule has 0 radical (unpaired) electrons. The van der Waals surface area contributed by atoms with E-state index < -0.39 is 21.7 Å². The Bertz CT molecular complexity index is 621. The van der Waals surface area contributed by atoms with Crippen molar-refractivity contribution in [3.05, 3.63) is 29.8 Å². The zero-order valence-corrected chi connectivity index (χ0v) is 11.6. The lowest BCUT2D eigenvalue weighted by Gasteiger charge is -2.36. The number of hydrogen-bond donors (Lipinski definition) is 1. The van der Waals surface area contributed by atoms with Gasteiger partial charge >= 0.3 is 0 Å². The van der Waals surface area contributed by atoms with E-state index in [1.54, 1.807) is 0 Å². The van der Waals surface area contributed by atoms with Gasteiger partial charge in [-0.25, -0.2) is 17.2 Å². The van der Waals surface area contributed by atoms with Gasteiger partial charge in [0.1, 0.15) is 0 Å². The predicted molar refractivity (Wildman–Crippen MR) is 69.4 cm³/mol. The summed E-state index contributed by atoms with van der Waals surface area (Å²) in [7, 11) is -3.79.